The van der Waals surface area contributed by atoms with E-state index in [0.717, 1.165) is 32.4 Å². The Balaban J connectivity index is 1.76. The van der Waals surface area contributed by atoms with Gasteiger partial charge in [0.1, 0.15) is 0 Å². The predicted molar refractivity (Wildman–Crippen MR) is 98.1 cm³/mol. The van der Waals surface area contributed by atoms with Gasteiger partial charge in [0.05, 0.1) is 11.7 Å². The second-order valence-corrected chi connectivity index (χ2v) is 9.39. The van der Waals surface area contributed by atoms with Crippen LogP contribution in [0.1, 0.15) is 51.4 Å². The molecule has 1 amide bonds. The number of amides is 1. The van der Waals surface area contributed by atoms with Crippen LogP contribution in [0.25, 0.3) is 0 Å². The number of piperidine rings is 1. The van der Waals surface area contributed by atoms with E-state index in [1.165, 1.54) is 0 Å². The van der Waals surface area contributed by atoms with Crippen molar-refractivity contribution in [3.63, 3.8) is 0 Å². The summed E-state index contributed by atoms with van der Waals surface area (Å²) in [6, 6.07) is 0. The molecule has 0 spiro atoms. The Labute approximate surface area is 155 Å². The minimum absolute atomic E-state index is 0.0799. The van der Waals surface area contributed by atoms with Gasteiger partial charge in [-0.25, -0.2) is 13.1 Å². The van der Waals surface area contributed by atoms with Crippen molar-refractivity contribution >= 4 is 21.9 Å². The molecule has 1 aliphatic heterocycles. The predicted octanol–water partition coefficient (Wildman–Crippen LogP) is 0.445. The maximum atomic E-state index is 12.6. The average Bonchev–Trinajstić information content (AvgIpc) is 2.62. The minimum Gasteiger partial charge on any atom is -0.481 e. The maximum Gasteiger partial charge on any atom is 0.305 e. The molecular formula is C17H31N3O5S. The lowest BCUT2D eigenvalue weighted by Gasteiger charge is -2.28. The van der Waals surface area contributed by atoms with Gasteiger partial charge < -0.3 is 15.7 Å². The first-order valence-corrected chi connectivity index (χ1v) is 11.1. The Morgan fingerprint density at radius 3 is 2.50 bits per heavy atom. The molecule has 2 atom stereocenters. The Kier molecular flexibility index (Phi) is 8.30. The number of sulfonamides is 1. The molecule has 26 heavy (non-hydrogen) atoms. The highest BCUT2D eigenvalue weighted by Crippen LogP contribution is 2.28. The molecule has 9 heteroatoms. The molecular weight excluding hydrogens is 358 g/mol. The molecule has 0 radical (unpaired) electrons. The summed E-state index contributed by atoms with van der Waals surface area (Å²) >= 11 is 0. The number of carboxylic acid groups (broad SMARTS) is 1. The molecule has 1 saturated carbocycles. The lowest BCUT2D eigenvalue weighted by Crippen LogP contribution is -2.42. The van der Waals surface area contributed by atoms with E-state index >= 15 is 0 Å². The molecule has 2 fully saturated rings. The lowest BCUT2D eigenvalue weighted by atomic mass is 9.88. The SMILES string of the molecule is O=C(O)CCNC(=O)C1CCCC(S(=O)(=O)NCCC2CCNCC2)C1. The van der Waals surface area contributed by atoms with Gasteiger partial charge in [0, 0.05) is 19.0 Å². The van der Waals surface area contributed by atoms with E-state index < -0.39 is 21.2 Å². The molecule has 1 saturated heterocycles. The van der Waals surface area contributed by atoms with Gasteiger partial charge in [-0.2, -0.15) is 0 Å². The number of hydrogen-bond acceptors (Lipinski definition) is 5. The zero-order chi connectivity index (χ0) is 19.0. The van der Waals surface area contributed by atoms with Crippen LogP contribution < -0.4 is 15.4 Å². The number of carboxylic acids is 1. The molecule has 0 aromatic heterocycles. The molecule has 8 nitrogen and oxygen atoms in total. The number of aliphatic carboxylic acids is 1. The third-order valence-corrected chi connectivity index (χ3v) is 7.30. The number of hydrogen-bond donors (Lipinski definition) is 4. The summed E-state index contributed by atoms with van der Waals surface area (Å²) in [7, 11) is -3.42. The molecule has 0 bridgehead atoms. The summed E-state index contributed by atoms with van der Waals surface area (Å²) in [4.78, 5) is 22.7. The van der Waals surface area contributed by atoms with E-state index in [0.29, 0.717) is 38.1 Å². The van der Waals surface area contributed by atoms with E-state index in [9.17, 15) is 18.0 Å². The fraction of sp³-hybridized carbons (Fsp3) is 0.882. The zero-order valence-electron chi connectivity index (χ0n) is 15.2. The molecule has 1 heterocycles. The quantitative estimate of drug-likeness (QED) is 0.454. The van der Waals surface area contributed by atoms with E-state index in [2.05, 4.69) is 15.4 Å². The third-order valence-electron chi connectivity index (χ3n) is 5.39. The number of rotatable bonds is 9. The smallest absolute Gasteiger partial charge is 0.305 e. The summed E-state index contributed by atoms with van der Waals surface area (Å²) in [6.07, 6.45) is 5.12. The van der Waals surface area contributed by atoms with Crippen LogP contribution in [0, 0.1) is 11.8 Å². The van der Waals surface area contributed by atoms with E-state index in [1.54, 1.807) is 0 Å². The van der Waals surface area contributed by atoms with Crippen LogP contribution >= 0.6 is 0 Å². The van der Waals surface area contributed by atoms with Gasteiger partial charge >= 0.3 is 5.97 Å². The molecule has 4 N–H and O–H groups in total. The third kappa shape index (κ3) is 6.85. The summed E-state index contributed by atoms with van der Waals surface area (Å²) in [5.74, 6) is -0.991. The number of carbonyl (C=O) groups excluding carboxylic acids is 1. The van der Waals surface area contributed by atoms with Crippen molar-refractivity contribution in [1.82, 2.24) is 15.4 Å². The molecule has 150 valence electrons. The Bertz CT molecular complexity index is 575. The van der Waals surface area contributed by atoms with E-state index in [-0.39, 0.29) is 24.8 Å². The van der Waals surface area contributed by atoms with Gasteiger partial charge in [-0.1, -0.05) is 6.42 Å². The van der Waals surface area contributed by atoms with Crippen molar-refractivity contribution in [2.75, 3.05) is 26.2 Å². The van der Waals surface area contributed by atoms with Crippen molar-refractivity contribution in [3.8, 4) is 0 Å². The van der Waals surface area contributed by atoms with Gasteiger partial charge in [-0.3, -0.25) is 9.59 Å². The van der Waals surface area contributed by atoms with Crippen molar-refractivity contribution in [1.29, 1.82) is 0 Å². The summed E-state index contributed by atoms with van der Waals surface area (Å²) in [6.45, 7) is 2.53. The highest BCUT2D eigenvalue weighted by atomic mass is 32.2. The number of nitrogens with one attached hydrogen (secondary N) is 3. The van der Waals surface area contributed by atoms with Crippen molar-refractivity contribution in [3.05, 3.63) is 0 Å². The lowest BCUT2D eigenvalue weighted by molar-refractivity contribution is -0.137. The van der Waals surface area contributed by atoms with Gasteiger partial charge in [-0.05, 0) is 57.5 Å². The zero-order valence-corrected chi connectivity index (χ0v) is 16.0. The fourth-order valence-corrected chi connectivity index (χ4v) is 5.40. The Morgan fingerprint density at radius 1 is 1.08 bits per heavy atom. The van der Waals surface area contributed by atoms with Crippen LogP contribution in [0.4, 0.5) is 0 Å². The summed E-state index contributed by atoms with van der Waals surface area (Å²) < 4.78 is 27.9. The monoisotopic (exact) mass is 389 g/mol. The molecule has 2 unspecified atom stereocenters. The summed E-state index contributed by atoms with van der Waals surface area (Å²) in [5, 5.41) is 14.0. The van der Waals surface area contributed by atoms with Crippen molar-refractivity contribution in [2.24, 2.45) is 11.8 Å². The van der Waals surface area contributed by atoms with Crippen LogP contribution in [-0.2, 0) is 19.6 Å². The first kappa shape index (κ1) is 21.1. The van der Waals surface area contributed by atoms with E-state index in [4.69, 9.17) is 5.11 Å². The van der Waals surface area contributed by atoms with Gasteiger partial charge in [0.2, 0.25) is 15.9 Å². The standard InChI is InChI=1S/C17H31N3O5S/c21-16(22)7-10-19-17(23)14-2-1-3-15(12-14)26(24,25)20-11-6-13-4-8-18-9-5-13/h13-15,18,20H,1-12H2,(H,19,23)(H,21,22). The first-order chi connectivity index (χ1) is 12.4. The minimum atomic E-state index is -3.42. The van der Waals surface area contributed by atoms with Crippen LogP contribution in [0.3, 0.4) is 0 Å². The maximum absolute atomic E-state index is 12.6. The van der Waals surface area contributed by atoms with E-state index in [1.807, 2.05) is 0 Å². The first-order valence-electron chi connectivity index (χ1n) is 9.57. The molecule has 2 rings (SSSR count). The Hall–Kier alpha value is -1.19. The molecule has 2 aliphatic rings. The largest absolute Gasteiger partial charge is 0.481 e. The van der Waals surface area contributed by atoms with Gasteiger partial charge in [0.15, 0.2) is 0 Å². The topological polar surface area (TPSA) is 125 Å². The Morgan fingerprint density at radius 2 is 1.81 bits per heavy atom. The highest BCUT2D eigenvalue weighted by molar-refractivity contribution is 7.90. The summed E-state index contributed by atoms with van der Waals surface area (Å²) in [5.41, 5.74) is 0. The van der Waals surface area contributed by atoms with Gasteiger partial charge in [-0.15, -0.1) is 0 Å². The molecule has 0 aromatic carbocycles. The fourth-order valence-electron chi connectivity index (χ4n) is 3.80. The van der Waals surface area contributed by atoms with Crippen LogP contribution in [0.15, 0.2) is 0 Å². The molecule has 1 aliphatic carbocycles. The second-order valence-electron chi connectivity index (χ2n) is 7.34. The number of carbonyl (C=O) groups is 2. The van der Waals surface area contributed by atoms with Crippen LogP contribution in [0.2, 0.25) is 0 Å². The van der Waals surface area contributed by atoms with Crippen molar-refractivity contribution < 1.29 is 23.1 Å². The van der Waals surface area contributed by atoms with Crippen LogP contribution in [0.5, 0.6) is 0 Å². The van der Waals surface area contributed by atoms with Gasteiger partial charge in [0.25, 0.3) is 0 Å². The van der Waals surface area contributed by atoms with Crippen molar-refractivity contribution in [2.45, 2.75) is 56.6 Å². The highest BCUT2D eigenvalue weighted by Gasteiger charge is 2.34. The normalized spacial score (nSPS) is 24.9. The molecule has 0 aromatic rings. The average molecular weight is 390 g/mol. The van der Waals surface area contributed by atoms with Crippen LogP contribution in [-0.4, -0.2) is 56.8 Å². The second kappa shape index (κ2) is 10.2.